The Morgan fingerprint density at radius 3 is 2.61 bits per heavy atom. The Kier molecular flexibility index (Phi) is 4.79. The molecule has 0 saturated carbocycles. The molecule has 23 heavy (non-hydrogen) atoms. The number of nitrogens with one attached hydrogen (secondary N) is 1. The van der Waals surface area contributed by atoms with Gasteiger partial charge in [0.2, 0.25) is 4.77 Å². The summed E-state index contributed by atoms with van der Waals surface area (Å²) < 4.78 is 41.1. The number of alkyl halides is 3. The van der Waals surface area contributed by atoms with E-state index < -0.39 is 12.0 Å². The number of aryl methyl sites for hydroxylation is 1. The lowest BCUT2D eigenvalue weighted by molar-refractivity contribution is -0.147. The van der Waals surface area contributed by atoms with Crippen molar-refractivity contribution in [1.82, 2.24) is 19.4 Å². The van der Waals surface area contributed by atoms with E-state index >= 15 is 0 Å². The first-order valence-corrected chi connectivity index (χ1v) is 7.47. The third-order valence-corrected chi connectivity index (χ3v) is 3.64. The van der Waals surface area contributed by atoms with Gasteiger partial charge in [-0.15, -0.1) is 5.10 Å². The number of aromatic nitrogens is 4. The van der Waals surface area contributed by atoms with E-state index in [1.807, 2.05) is 19.9 Å². The number of H-pyrrole nitrogens is 1. The van der Waals surface area contributed by atoms with Gasteiger partial charge in [-0.3, -0.25) is 0 Å². The smallest absolute Gasteiger partial charge is 0.348 e. The highest BCUT2D eigenvalue weighted by Crippen LogP contribution is 2.27. The Bertz CT molecular complexity index is 779. The topological polar surface area (TPSA) is 50.9 Å². The molecule has 0 saturated heterocycles. The summed E-state index contributed by atoms with van der Waals surface area (Å²) >= 11 is 4.80. The SMILES string of the molecule is Cc1cc(/C=N\n2c(C(F)(F)F)n[nH]c2=S)c(C)n1CC(C)C. The van der Waals surface area contributed by atoms with E-state index in [2.05, 4.69) is 33.7 Å². The summed E-state index contributed by atoms with van der Waals surface area (Å²) in [5.41, 5.74) is 2.73. The van der Waals surface area contributed by atoms with Crippen LogP contribution in [0.25, 0.3) is 0 Å². The molecule has 0 unspecified atom stereocenters. The fourth-order valence-corrected chi connectivity index (χ4v) is 2.49. The van der Waals surface area contributed by atoms with Crippen LogP contribution in [0.3, 0.4) is 0 Å². The number of hydrogen-bond acceptors (Lipinski definition) is 3. The van der Waals surface area contributed by atoms with Crippen molar-refractivity contribution < 1.29 is 13.2 Å². The fourth-order valence-electron chi connectivity index (χ4n) is 2.31. The molecule has 2 heterocycles. The minimum atomic E-state index is -4.63. The Labute approximate surface area is 136 Å². The zero-order valence-corrected chi connectivity index (χ0v) is 14.1. The Hall–Kier alpha value is -1.90. The second-order valence-electron chi connectivity index (χ2n) is 5.74. The molecule has 0 atom stereocenters. The normalized spacial score (nSPS) is 12.7. The Morgan fingerprint density at radius 1 is 1.39 bits per heavy atom. The van der Waals surface area contributed by atoms with Gasteiger partial charge < -0.3 is 4.57 Å². The zero-order chi connectivity index (χ0) is 17.4. The molecule has 126 valence electrons. The predicted octanol–water partition coefficient (Wildman–Crippen LogP) is 3.92. The molecule has 0 aliphatic heterocycles. The molecular formula is C14H18F3N5S. The van der Waals surface area contributed by atoms with Crippen molar-refractivity contribution in [3.63, 3.8) is 0 Å². The van der Waals surface area contributed by atoms with Gasteiger partial charge in [0.25, 0.3) is 5.82 Å². The average Bonchev–Trinajstić information content (AvgIpc) is 2.91. The van der Waals surface area contributed by atoms with E-state index in [1.165, 1.54) is 6.21 Å². The molecule has 1 N–H and O–H groups in total. The van der Waals surface area contributed by atoms with Crippen molar-refractivity contribution in [1.29, 1.82) is 0 Å². The highest BCUT2D eigenvalue weighted by molar-refractivity contribution is 7.71. The molecule has 9 heteroatoms. The fraction of sp³-hybridized carbons (Fsp3) is 0.500. The summed E-state index contributed by atoms with van der Waals surface area (Å²) in [5, 5.41) is 9.16. The number of hydrogen-bond donors (Lipinski definition) is 1. The number of halogens is 3. The Balaban J connectivity index is 2.39. The van der Waals surface area contributed by atoms with Gasteiger partial charge >= 0.3 is 6.18 Å². The molecule has 0 aliphatic carbocycles. The molecule has 0 bridgehead atoms. The van der Waals surface area contributed by atoms with Crippen molar-refractivity contribution >= 4 is 18.4 Å². The highest BCUT2D eigenvalue weighted by Gasteiger charge is 2.37. The molecule has 0 radical (unpaired) electrons. The van der Waals surface area contributed by atoms with Crippen LogP contribution < -0.4 is 0 Å². The summed E-state index contributed by atoms with van der Waals surface area (Å²) in [6.07, 6.45) is -3.25. The van der Waals surface area contributed by atoms with Crippen molar-refractivity contribution in [3.8, 4) is 0 Å². The molecule has 0 fully saturated rings. The van der Waals surface area contributed by atoms with Crippen molar-refractivity contribution in [2.45, 2.75) is 40.4 Å². The minimum absolute atomic E-state index is 0.204. The van der Waals surface area contributed by atoms with E-state index in [0.29, 0.717) is 10.6 Å². The molecule has 0 spiro atoms. The molecule has 2 rings (SSSR count). The lowest BCUT2D eigenvalue weighted by atomic mass is 10.2. The molecule has 0 aliphatic rings. The maximum atomic E-state index is 12.9. The van der Waals surface area contributed by atoms with Gasteiger partial charge in [-0.05, 0) is 38.0 Å². The lowest BCUT2D eigenvalue weighted by Gasteiger charge is -2.11. The van der Waals surface area contributed by atoms with Crippen LogP contribution in [0.15, 0.2) is 11.2 Å². The zero-order valence-electron chi connectivity index (χ0n) is 13.3. The molecule has 0 amide bonds. The molecular weight excluding hydrogens is 327 g/mol. The van der Waals surface area contributed by atoms with Gasteiger partial charge in [0.15, 0.2) is 0 Å². The van der Waals surface area contributed by atoms with E-state index in [4.69, 9.17) is 12.2 Å². The van der Waals surface area contributed by atoms with Crippen LogP contribution in [0, 0.1) is 24.5 Å². The third kappa shape index (κ3) is 3.72. The maximum Gasteiger partial charge on any atom is 0.453 e. The molecule has 5 nitrogen and oxygen atoms in total. The summed E-state index contributed by atoms with van der Waals surface area (Å²) in [5.74, 6) is -0.710. The average molecular weight is 345 g/mol. The van der Waals surface area contributed by atoms with Crippen LogP contribution >= 0.6 is 12.2 Å². The monoisotopic (exact) mass is 345 g/mol. The molecule has 2 aromatic rings. The summed E-state index contributed by atoms with van der Waals surface area (Å²) in [6.45, 7) is 8.91. The van der Waals surface area contributed by atoms with Crippen LogP contribution in [0.2, 0.25) is 0 Å². The molecule has 0 aromatic carbocycles. The maximum absolute atomic E-state index is 12.9. The Morgan fingerprint density at radius 2 is 2.04 bits per heavy atom. The van der Waals surface area contributed by atoms with Gasteiger partial charge in [-0.25, -0.2) is 5.10 Å². The second-order valence-corrected chi connectivity index (χ2v) is 6.12. The van der Waals surface area contributed by atoms with Gasteiger partial charge in [-0.1, -0.05) is 13.8 Å². The van der Waals surface area contributed by atoms with Gasteiger partial charge in [0.05, 0.1) is 6.21 Å². The summed E-state index contributed by atoms with van der Waals surface area (Å²) in [6, 6.07) is 1.89. The summed E-state index contributed by atoms with van der Waals surface area (Å²) in [4.78, 5) is 0. The van der Waals surface area contributed by atoms with Crippen molar-refractivity contribution in [3.05, 3.63) is 33.6 Å². The van der Waals surface area contributed by atoms with E-state index in [-0.39, 0.29) is 4.77 Å². The van der Waals surface area contributed by atoms with Crippen LogP contribution in [-0.4, -0.2) is 25.7 Å². The van der Waals surface area contributed by atoms with Gasteiger partial charge in [0, 0.05) is 23.5 Å². The van der Waals surface area contributed by atoms with Crippen LogP contribution in [0.5, 0.6) is 0 Å². The quantitative estimate of drug-likeness (QED) is 0.674. The van der Waals surface area contributed by atoms with E-state index in [0.717, 1.165) is 23.5 Å². The predicted molar refractivity (Wildman–Crippen MR) is 84.1 cm³/mol. The van der Waals surface area contributed by atoms with Crippen LogP contribution in [0.4, 0.5) is 13.2 Å². The first-order valence-electron chi connectivity index (χ1n) is 7.07. The summed E-state index contributed by atoms with van der Waals surface area (Å²) in [7, 11) is 0. The third-order valence-electron chi connectivity index (χ3n) is 3.38. The standard InChI is InChI=1S/C14H18F3N5S/c1-8(2)7-21-9(3)5-11(10(21)4)6-18-22-12(14(15,16)17)19-20-13(22)23/h5-6,8H,7H2,1-4H3,(H,20,23)/b18-6-. The lowest BCUT2D eigenvalue weighted by Crippen LogP contribution is -2.13. The van der Waals surface area contributed by atoms with Crippen LogP contribution in [-0.2, 0) is 12.7 Å². The first-order chi connectivity index (χ1) is 10.6. The molecule has 2 aromatic heterocycles. The second kappa shape index (κ2) is 6.31. The largest absolute Gasteiger partial charge is 0.453 e. The van der Waals surface area contributed by atoms with Gasteiger partial charge in [-0.2, -0.15) is 22.9 Å². The van der Waals surface area contributed by atoms with E-state index in [9.17, 15) is 13.2 Å². The van der Waals surface area contributed by atoms with Crippen LogP contribution in [0.1, 0.15) is 36.6 Å². The van der Waals surface area contributed by atoms with Crippen molar-refractivity contribution in [2.24, 2.45) is 11.0 Å². The van der Waals surface area contributed by atoms with Gasteiger partial charge in [0.1, 0.15) is 0 Å². The minimum Gasteiger partial charge on any atom is -0.348 e. The number of nitrogens with zero attached hydrogens (tertiary/aromatic N) is 4. The number of aromatic amines is 1. The first kappa shape index (κ1) is 17.5. The van der Waals surface area contributed by atoms with E-state index in [1.54, 1.807) is 0 Å². The highest BCUT2D eigenvalue weighted by atomic mass is 32.1. The number of rotatable bonds is 4. The van der Waals surface area contributed by atoms with Crippen molar-refractivity contribution in [2.75, 3.05) is 0 Å².